The van der Waals surface area contributed by atoms with Crippen molar-refractivity contribution in [1.29, 1.82) is 0 Å². The van der Waals surface area contributed by atoms with Gasteiger partial charge in [-0.2, -0.15) is 0 Å². The van der Waals surface area contributed by atoms with Gasteiger partial charge in [0, 0.05) is 35.2 Å². The lowest BCUT2D eigenvalue weighted by Gasteiger charge is -2.47. The minimum absolute atomic E-state index is 0.242. The highest BCUT2D eigenvalue weighted by atomic mass is 19.1. The summed E-state index contributed by atoms with van der Waals surface area (Å²) in [6, 6.07) is 8.30. The molecule has 0 bridgehead atoms. The van der Waals surface area contributed by atoms with Crippen molar-refractivity contribution in [2.24, 2.45) is 5.41 Å². The van der Waals surface area contributed by atoms with Crippen molar-refractivity contribution in [1.82, 2.24) is 14.9 Å². The Morgan fingerprint density at radius 3 is 2.72 bits per heavy atom. The SMILES string of the molecule is COc1cc2ncnc(Nc3ccc(F)c(C)c3)c2cc1NC(=O)/C=C/CN1CCC2(CC1)COC2. The van der Waals surface area contributed by atoms with Crippen molar-refractivity contribution >= 4 is 34.0 Å². The molecule has 9 heteroatoms. The Morgan fingerprint density at radius 2 is 2.03 bits per heavy atom. The zero-order valence-corrected chi connectivity index (χ0v) is 20.5. The number of anilines is 3. The molecule has 2 aliphatic rings. The number of amides is 1. The van der Waals surface area contributed by atoms with Gasteiger partial charge in [-0.25, -0.2) is 14.4 Å². The molecule has 0 radical (unpaired) electrons. The van der Waals surface area contributed by atoms with Gasteiger partial charge in [0.2, 0.25) is 5.91 Å². The number of carbonyl (C=O) groups is 1. The first-order valence-electron chi connectivity index (χ1n) is 12.1. The van der Waals surface area contributed by atoms with Crippen LogP contribution in [-0.2, 0) is 9.53 Å². The van der Waals surface area contributed by atoms with Gasteiger partial charge in [0.1, 0.15) is 23.7 Å². The number of hydrogen-bond acceptors (Lipinski definition) is 7. The number of methoxy groups -OCH3 is 1. The Hall–Kier alpha value is -3.56. The van der Waals surface area contributed by atoms with Gasteiger partial charge < -0.3 is 20.1 Å². The molecular formula is C27H30FN5O3. The van der Waals surface area contributed by atoms with Gasteiger partial charge in [-0.1, -0.05) is 6.08 Å². The third-order valence-electron chi connectivity index (χ3n) is 7.00. The molecule has 36 heavy (non-hydrogen) atoms. The van der Waals surface area contributed by atoms with E-state index in [2.05, 4.69) is 25.5 Å². The summed E-state index contributed by atoms with van der Waals surface area (Å²) in [6.07, 6.45) is 7.20. The van der Waals surface area contributed by atoms with Crippen molar-refractivity contribution in [3.63, 3.8) is 0 Å². The van der Waals surface area contributed by atoms with E-state index in [0.29, 0.717) is 44.8 Å². The highest BCUT2D eigenvalue weighted by Crippen LogP contribution is 2.38. The average Bonchev–Trinajstić information content (AvgIpc) is 2.86. The van der Waals surface area contributed by atoms with Gasteiger partial charge in [0.05, 0.1) is 31.5 Å². The predicted molar refractivity (Wildman–Crippen MR) is 137 cm³/mol. The van der Waals surface area contributed by atoms with Crippen LogP contribution >= 0.6 is 0 Å². The molecule has 1 aromatic heterocycles. The fourth-order valence-electron chi connectivity index (χ4n) is 4.68. The number of likely N-dealkylation sites (tertiary alicyclic amines) is 1. The summed E-state index contributed by atoms with van der Waals surface area (Å²) in [5.41, 5.74) is 2.79. The van der Waals surface area contributed by atoms with Crippen LogP contribution in [0.2, 0.25) is 0 Å². The largest absolute Gasteiger partial charge is 0.494 e. The van der Waals surface area contributed by atoms with Gasteiger partial charge in [0.25, 0.3) is 0 Å². The van der Waals surface area contributed by atoms with Crippen LogP contribution in [0.5, 0.6) is 5.75 Å². The second kappa shape index (κ2) is 10.2. The van der Waals surface area contributed by atoms with Gasteiger partial charge in [-0.05, 0) is 62.7 Å². The third-order valence-corrected chi connectivity index (χ3v) is 7.00. The average molecular weight is 492 g/mol. The Kier molecular flexibility index (Phi) is 6.84. The molecule has 2 N–H and O–H groups in total. The molecule has 0 unspecified atom stereocenters. The summed E-state index contributed by atoms with van der Waals surface area (Å²) in [5.74, 6) is 0.525. The number of ether oxygens (including phenoxy) is 2. The first-order chi connectivity index (χ1) is 17.4. The van der Waals surface area contributed by atoms with Crippen molar-refractivity contribution in [3.8, 4) is 5.75 Å². The van der Waals surface area contributed by atoms with Gasteiger partial charge in [0.15, 0.2) is 0 Å². The molecule has 0 saturated carbocycles. The highest BCUT2D eigenvalue weighted by Gasteiger charge is 2.40. The normalized spacial score (nSPS) is 17.3. The van der Waals surface area contributed by atoms with E-state index >= 15 is 0 Å². The minimum atomic E-state index is -0.270. The lowest BCUT2D eigenvalue weighted by atomic mass is 9.77. The third kappa shape index (κ3) is 5.17. The van der Waals surface area contributed by atoms with Crippen LogP contribution < -0.4 is 15.4 Å². The van der Waals surface area contributed by atoms with Gasteiger partial charge in [-0.3, -0.25) is 9.69 Å². The summed E-state index contributed by atoms with van der Waals surface area (Å²) in [6.45, 7) is 6.26. The smallest absolute Gasteiger partial charge is 0.248 e. The van der Waals surface area contributed by atoms with E-state index in [9.17, 15) is 9.18 Å². The summed E-state index contributed by atoms with van der Waals surface area (Å²) in [5, 5.41) is 6.83. The topological polar surface area (TPSA) is 88.6 Å². The molecule has 0 atom stereocenters. The molecule has 2 aliphatic heterocycles. The molecule has 3 heterocycles. The molecule has 1 amide bonds. The van der Waals surface area contributed by atoms with Gasteiger partial charge in [-0.15, -0.1) is 0 Å². The molecule has 188 valence electrons. The second-order valence-electron chi connectivity index (χ2n) is 9.57. The Labute approximate surface area is 209 Å². The van der Waals surface area contributed by atoms with Crippen LogP contribution in [0.15, 0.2) is 48.8 Å². The number of benzene rings is 2. The van der Waals surface area contributed by atoms with E-state index in [4.69, 9.17) is 9.47 Å². The summed E-state index contributed by atoms with van der Waals surface area (Å²) in [7, 11) is 1.55. The maximum Gasteiger partial charge on any atom is 0.248 e. The summed E-state index contributed by atoms with van der Waals surface area (Å²) >= 11 is 0. The van der Waals surface area contributed by atoms with Crippen LogP contribution in [0, 0.1) is 18.2 Å². The van der Waals surface area contributed by atoms with E-state index in [1.165, 1.54) is 12.4 Å². The zero-order chi connectivity index (χ0) is 25.1. The number of aryl methyl sites for hydroxylation is 1. The molecule has 3 aromatic rings. The molecule has 1 spiro atoms. The standard InChI is InChI=1S/C27H30FN5O3/c1-18-12-19(5-6-21(18)28)31-26-20-13-23(24(35-2)14-22(20)29-17-30-26)32-25(34)4-3-9-33-10-7-27(8-11-33)15-36-16-27/h3-6,12-14,17H,7-11,15-16H2,1-2H3,(H,32,34)(H,29,30,31)/b4-3+. The lowest BCUT2D eigenvalue weighted by Crippen LogP contribution is -2.50. The number of nitrogens with one attached hydrogen (secondary N) is 2. The zero-order valence-electron chi connectivity index (χ0n) is 20.5. The van der Waals surface area contributed by atoms with Crippen LogP contribution in [0.3, 0.4) is 0 Å². The second-order valence-corrected chi connectivity index (χ2v) is 9.57. The monoisotopic (exact) mass is 491 g/mol. The quantitative estimate of drug-likeness (QED) is 0.473. The molecule has 2 saturated heterocycles. The van der Waals surface area contributed by atoms with Crippen LogP contribution in [-0.4, -0.2) is 60.7 Å². The Bertz CT molecular complexity index is 1300. The van der Waals surface area contributed by atoms with Crippen LogP contribution in [0.1, 0.15) is 18.4 Å². The number of nitrogens with zero attached hydrogens (tertiary/aromatic N) is 3. The van der Waals surface area contributed by atoms with Crippen molar-refractivity contribution in [2.75, 3.05) is 50.6 Å². The molecule has 0 aliphatic carbocycles. The van der Waals surface area contributed by atoms with E-state index < -0.39 is 0 Å². The molecule has 2 fully saturated rings. The Balaban J connectivity index is 1.28. The number of piperidine rings is 1. The number of hydrogen-bond donors (Lipinski definition) is 2. The number of rotatable bonds is 7. The van der Waals surface area contributed by atoms with E-state index in [0.717, 1.165) is 45.7 Å². The van der Waals surface area contributed by atoms with E-state index in [-0.39, 0.29) is 11.7 Å². The number of halogens is 1. The van der Waals surface area contributed by atoms with Crippen LogP contribution in [0.4, 0.5) is 21.6 Å². The van der Waals surface area contributed by atoms with E-state index in [1.807, 2.05) is 6.08 Å². The summed E-state index contributed by atoms with van der Waals surface area (Å²) in [4.78, 5) is 23.7. The van der Waals surface area contributed by atoms with Crippen LogP contribution in [0.25, 0.3) is 10.9 Å². The van der Waals surface area contributed by atoms with Crippen molar-refractivity contribution in [3.05, 3.63) is 60.2 Å². The van der Waals surface area contributed by atoms with E-state index in [1.54, 1.807) is 44.4 Å². The number of aromatic nitrogens is 2. The fraction of sp³-hybridized carbons (Fsp3) is 0.370. The molecule has 5 rings (SSSR count). The Morgan fingerprint density at radius 1 is 1.22 bits per heavy atom. The lowest BCUT2D eigenvalue weighted by molar-refractivity contribution is -0.138. The first kappa shape index (κ1) is 24.1. The van der Waals surface area contributed by atoms with Crippen molar-refractivity contribution in [2.45, 2.75) is 19.8 Å². The highest BCUT2D eigenvalue weighted by molar-refractivity contribution is 6.03. The molecule has 8 nitrogen and oxygen atoms in total. The minimum Gasteiger partial charge on any atom is -0.494 e. The van der Waals surface area contributed by atoms with Gasteiger partial charge >= 0.3 is 0 Å². The first-order valence-corrected chi connectivity index (χ1v) is 12.1. The predicted octanol–water partition coefficient (Wildman–Crippen LogP) is 4.44. The molecule has 2 aromatic carbocycles. The number of fused-ring (bicyclic) bond motifs is 1. The molecular weight excluding hydrogens is 461 g/mol. The van der Waals surface area contributed by atoms with Crippen molar-refractivity contribution < 1.29 is 18.7 Å². The summed E-state index contributed by atoms with van der Waals surface area (Å²) < 4.78 is 24.6. The number of carbonyl (C=O) groups excluding carboxylic acids is 1. The fourth-order valence-corrected chi connectivity index (χ4v) is 4.68. The maximum atomic E-state index is 13.7. The maximum absolute atomic E-state index is 13.7.